The van der Waals surface area contributed by atoms with Crippen LogP contribution in [-0.2, 0) is 19.1 Å². The molecular weight excluding hydrogens is 464 g/mol. The lowest BCUT2D eigenvalue weighted by molar-refractivity contribution is -0.164. The molecule has 0 unspecified atom stereocenters. The Morgan fingerprint density at radius 3 is 2.47 bits per heavy atom. The lowest BCUT2D eigenvalue weighted by atomic mass is 9.65. The van der Waals surface area contributed by atoms with E-state index < -0.39 is 36.3 Å². The van der Waals surface area contributed by atoms with Crippen molar-refractivity contribution in [3.63, 3.8) is 0 Å². The van der Waals surface area contributed by atoms with Gasteiger partial charge in [-0.2, -0.15) is 0 Å². The van der Waals surface area contributed by atoms with E-state index in [2.05, 4.69) is 32.1 Å². The first-order chi connectivity index (χ1) is 16.9. The van der Waals surface area contributed by atoms with Gasteiger partial charge < -0.3 is 29.9 Å². The third-order valence-corrected chi connectivity index (χ3v) is 7.72. The molecular formula is C28H46O8. The molecule has 0 aromatic heterocycles. The van der Waals surface area contributed by atoms with Crippen molar-refractivity contribution in [3.05, 3.63) is 23.8 Å². The molecule has 0 aromatic rings. The third-order valence-electron chi connectivity index (χ3n) is 7.72. The molecule has 0 saturated heterocycles. The lowest BCUT2D eigenvalue weighted by Crippen LogP contribution is -2.43. The molecule has 36 heavy (non-hydrogen) atoms. The number of hydrogen-bond acceptors (Lipinski definition) is 8. The van der Waals surface area contributed by atoms with Crippen molar-refractivity contribution in [3.8, 4) is 0 Å². The fraction of sp³-hybridized carbons (Fsp3) is 0.786. The summed E-state index contributed by atoms with van der Waals surface area (Å²) in [6, 6.07) is 0. The Kier molecular flexibility index (Phi) is 11.6. The van der Waals surface area contributed by atoms with Gasteiger partial charge in [-0.05, 0) is 69.3 Å². The summed E-state index contributed by atoms with van der Waals surface area (Å²) in [6.45, 7) is 9.22. The number of rotatable bonds is 13. The van der Waals surface area contributed by atoms with E-state index in [1.165, 1.54) is 5.57 Å². The first-order valence-corrected chi connectivity index (χ1v) is 13.3. The van der Waals surface area contributed by atoms with Gasteiger partial charge in [0.05, 0.1) is 30.7 Å². The SMILES string of the molecule is CCC(C)(C)C(=O)O[C@H]1C[C@@H](C)C=C2C=C[C@H](C)[C@H](CC[C@H](O)C[C@@H](O)CC(=O)OC[C@H](O)CO)[C@H]21. The van der Waals surface area contributed by atoms with Crippen LogP contribution in [-0.4, -0.2) is 70.0 Å². The number of ether oxygens (including phenoxy) is 2. The molecule has 206 valence electrons. The van der Waals surface area contributed by atoms with Crippen molar-refractivity contribution >= 4 is 11.9 Å². The summed E-state index contributed by atoms with van der Waals surface area (Å²) < 4.78 is 10.9. The van der Waals surface area contributed by atoms with Gasteiger partial charge in [-0.15, -0.1) is 0 Å². The summed E-state index contributed by atoms with van der Waals surface area (Å²) in [5.41, 5.74) is 0.645. The van der Waals surface area contributed by atoms with Gasteiger partial charge in [-0.1, -0.05) is 39.0 Å². The topological polar surface area (TPSA) is 134 Å². The van der Waals surface area contributed by atoms with Crippen molar-refractivity contribution in [2.45, 2.75) is 97.6 Å². The summed E-state index contributed by atoms with van der Waals surface area (Å²) >= 11 is 0. The van der Waals surface area contributed by atoms with E-state index in [0.29, 0.717) is 25.2 Å². The lowest BCUT2D eigenvalue weighted by Gasteiger charge is -2.44. The van der Waals surface area contributed by atoms with Crippen LogP contribution < -0.4 is 0 Å². The molecule has 0 heterocycles. The molecule has 0 radical (unpaired) electrons. The number of allylic oxidation sites excluding steroid dienone is 3. The molecule has 0 aliphatic heterocycles. The Labute approximate surface area is 215 Å². The summed E-state index contributed by atoms with van der Waals surface area (Å²) in [5, 5.41) is 38.8. The highest BCUT2D eigenvalue weighted by atomic mass is 16.5. The average molecular weight is 511 g/mol. The van der Waals surface area contributed by atoms with Crippen LogP contribution in [0.3, 0.4) is 0 Å². The van der Waals surface area contributed by atoms with E-state index in [1.54, 1.807) is 0 Å². The van der Waals surface area contributed by atoms with E-state index >= 15 is 0 Å². The second-order valence-electron chi connectivity index (χ2n) is 11.3. The fourth-order valence-corrected chi connectivity index (χ4v) is 5.06. The number of carbonyl (C=O) groups excluding carboxylic acids is 2. The number of esters is 2. The minimum absolute atomic E-state index is 0.0299. The van der Waals surface area contributed by atoms with Crippen LogP contribution in [0.25, 0.3) is 0 Å². The maximum atomic E-state index is 12.9. The van der Waals surface area contributed by atoms with Gasteiger partial charge in [-0.3, -0.25) is 9.59 Å². The highest BCUT2D eigenvalue weighted by Gasteiger charge is 2.42. The van der Waals surface area contributed by atoms with Gasteiger partial charge in [-0.25, -0.2) is 0 Å². The number of aliphatic hydroxyl groups is 4. The number of fused-ring (bicyclic) bond motifs is 1. The zero-order chi connectivity index (χ0) is 27.0. The van der Waals surface area contributed by atoms with Crippen molar-refractivity contribution in [2.75, 3.05) is 13.2 Å². The van der Waals surface area contributed by atoms with Crippen molar-refractivity contribution in [1.29, 1.82) is 0 Å². The Balaban J connectivity index is 1.99. The zero-order valence-electron chi connectivity index (χ0n) is 22.4. The number of aliphatic hydroxyl groups excluding tert-OH is 4. The van der Waals surface area contributed by atoms with Gasteiger partial charge in [0.2, 0.25) is 0 Å². The maximum Gasteiger partial charge on any atom is 0.311 e. The van der Waals surface area contributed by atoms with Crippen LogP contribution in [0.5, 0.6) is 0 Å². The van der Waals surface area contributed by atoms with Crippen LogP contribution >= 0.6 is 0 Å². The quantitative estimate of drug-likeness (QED) is 0.278. The van der Waals surface area contributed by atoms with E-state index in [1.807, 2.05) is 20.8 Å². The smallest absolute Gasteiger partial charge is 0.311 e. The van der Waals surface area contributed by atoms with E-state index in [-0.39, 0.29) is 49.3 Å². The third kappa shape index (κ3) is 8.68. The molecule has 4 N–H and O–H groups in total. The van der Waals surface area contributed by atoms with Crippen LogP contribution in [0, 0.1) is 29.1 Å². The second kappa shape index (κ2) is 13.7. The normalized spacial score (nSPS) is 28.5. The van der Waals surface area contributed by atoms with Crippen LogP contribution in [0.1, 0.15) is 73.1 Å². The molecule has 2 aliphatic rings. The average Bonchev–Trinajstić information content (AvgIpc) is 2.81. The minimum Gasteiger partial charge on any atom is -0.463 e. The molecule has 8 nitrogen and oxygen atoms in total. The Morgan fingerprint density at radius 1 is 1.14 bits per heavy atom. The molecule has 0 fully saturated rings. The minimum atomic E-state index is -1.15. The van der Waals surface area contributed by atoms with E-state index in [9.17, 15) is 24.9 Å². The van der Waals surface area contributed by atoms with Crippen molar-refractivity contribution in [1.82, 2.24) is 0 Å². The molecule has 8 heteroatoms. The summed E-state index contributed by atoms with van der Waals surface area (Å²) in [6.07, 6.45) is 5.67. The second-order valence-corrected chi connectivity index (χ2v) is 11.3. The van der Waals surface area contributed by atoms with Crippen LogP contribution in [0.4, 0.5) is 0 Å². The molecule has 0 bridgehead atoms. The molecule has 0 aromatic carbocycles. The van der Waals surface area contributed by atoms with Crippen LogP contribution in [0.15, 0.2) is 23.8 Å². The molecule has 0 saturated carbocycles. The first-order valence-electron chi connectivity index (χ1n) is 13.3. The highest BCUT2D eigenvalue weighted by Crippen LogP contribution is 2.45. The molecule has 2 rings (SSSR count). The summed E-state index contributed by atoms with van der Waals surface area (Å²) in [4.78, 5) is 24.7. The van der Waals surface area contributed by atoms with Gasteiger partial charge in [0, 0.05) is 5.92 Å². The van der Waals surface area contributed by atoms with Gasteiger partial charge in [0.1, 0.15) is 18.8 Å². The van der Waals surface area contributed by atoms with Crippen LogP contribution in [0.2, 0.25) is 0 Å². The highest BCUT2D eigenvalue weighted by molar-refractivity contribution is 5.76. The summed E-state index contributed by atoms with van der Waals surface area (Å²) in [5.74, 6) is -0.0942. The first kappa shape index (κ1) is 30.5. The van der Waals surface area contributed by atoms with Gasteiger partial charge in [0.25, 0.3) is 0 Å². The molecule has 2 aliphatic carbocycles. The fourth-order valence-electron chi connectivity index (χ4n) is 5.06. The standard InChI is InChI=1S/C28H46O8/c1-6-28(4,5)27(34)36-24-12-17(2)11-19-8-7-18(3)23(26(19)24)10-9-20(30)13-21(31)14-25(33)35-16-22(32)15-29/h7-8,11,17-18,20-24,26,29-32H,6,9-10,12-16H2,1-5H3/t17-,18-,20-,21+,22+,23-,24-,26-/m0/s1. The zero-order valence-corrected chi connectivity index (χ0v) is 22.4. The summed E-state index contributed by atoms with van der Waals surface area (Å²) in [7, 11) is 0. The van der Waals surface area contributed by atoms with Crippen molar-refractivity contribution in [2.24, 2.45) is 29.1 Å². The largest absolute Gasteiger partial charge is 0.463 e. The maximum absolute atomic E-state index is 12.9. The van der Waals surface area contributed by atoms with E-state index in [0.717, 1.165) is 6.42 Å². The Morgan fingerprint density at radius 2 is 1.83 bits per heavy atom. The van der Waals surface area contributed by atoms with Gasteiger partial charge in [0.15, 0.2) is 0 Å². The predicted octanol–water partition coefficient (Wildman–Crippen LogP) is 2.92. The predicted molar refractivity (Wildman–Crippen MR) is 136 cm³/mol. The van der Waals surface area contributed by atoms with Crippen molar-refractivity contribution < 1.29 is 39.5 Å². The molecule has 0 amide bonds. The number of hydrogen-bond donors (Lipinski definition) is 4. The Bertz CT molecular complexity index is 788. The Hall–Kier alpha value is -1.74. The molecule has 8 atom stereocenters. The van der Waals surface area contributed by atoms with E-state index in [4.69, 9.17) is 14.6 Å². The number of carbonyl (C=O) groups is 2. The van der Waals surface area contributed by atoms with Gasteiger partial charge >= 0.3 is 11.9 Å². The monoisotopic (exact) mass is 510 g/mol. The molecule has 0 spiro atoms.